The normalized spacial score (nSPS) is 11.3. The average molecular weight is 238 g/mol. The molecule has 0 bridgehead atoms. The molecule has 0 fully saturated rings. The molecule has 0 unspecified atom stereocenters. The fourth-order valence-corrected chi connectivity index (χ4v) is 1.06. The molecule has 0 atom stereocenters. The van der Waals surface area contributed by atoms with Gasteiger partial charge in [-0.15, -0.1) is 0 Å². The van der Waals surface area contributed by atoms with Gasteiger partial charge in [0.05, 0.1) is 0 Å². The van der Waals surface area contributed by atoms with E-state index in [9.17, 15) is 17.6 Å². The lowest BCUT2D eigenvalue weighted by molar-refractivity contribution is -0.187. The van der Waals surface area contributed by atoms with Crippen LogP contribution in [0.15, 0.2) is 18.2 Å². The molecule has 2 nitrogen and oxygen atoms in total. The minimum atomic E-state index is -3.94. The number of aryl methyl sites for hydroxylation is 1. The van der Waals surface area contributed by atoms with E-state index in [2.05, 4.69) is 9.47 Å². The summed E-state index contributed by atoms with van der Waals surface area (Å²) in [6.07, 6.45) is -3.94. The lowest BCUT2D eigenvalue weighted by Gasteiger charge is -2.17. The molecule has 1 aromatic rings. The average Bonchev–Trinajstić information content (AvgIpc) is 2.22. The molecule has 0 aliphatic heterocycles. The highest BCUT2D eigenvalue weighted by molar-refractivity contribution is 5.42. The van der Waals surface area contributed by atoms with Crippen LogP contribution in [0.2, 0.25) is 0 Å². The van der Waals surface area contributed by atoms with Crippen LogP contribution in [0, 0.1) is 6.92 Å². The molecule has 1 aromatic carbocycles. The van der Waals surface area contributed by atoms with E-state index in [4.69, 9.17) is 0 Å². The van der Waals surface area contributed by atoms with Gasteiger partial charge < -0.3 is 9.47 Å². The third-order valence-corrected chi connectivity index (χ3v) is 1.72. The number of rotatable bonds is 5. The van der Waals surface area contributed by atoms with E-state index < -0.39 is 25.4 Å². The number of hydrogen-bond donors (Lipinski definition) is 0. The molecule has 0 aliphatic rings. The van der Waals surface area contributed by atoms with Gasteiger partial charge in [-0.1, -0.05) is 6.07 Å². The summed E-state index contributed by atoms with van der Waals surface area (Å²) >= 11 is 0. The van der Waals surface area contributed by atoms with E-state index in [-0.39, 0.29) is 5.75 Å². The van der Waals surface area contributed by atoms with E-state index in [1.54, 1.807) is 6.92 Å². The van der Waals surface area contributed by atoms with Crippen molar-refractivity contribution in [2.45, 2.75) is 13.0 Å². The number of ether oxygens (including phenoxy) is 2. The van der Waals surface area contributed by atoms with Crippen molar-refractivity contribution in [3.05, 3.63) is 23.8 Å². The Morgan fingerprint density at radius 1 is 1.19 bits per heavy atom. The van der Waals surface area contributed by atoms with Crippen LogP contribution in [0.1, 0.15) is 5.56 Å². The number of benzene rings is 1. The van der Waals surface area contributed by atoms with E-state index >= 15 is 0 Å². The standard InChI is InChI=1S/C10H10F4O2/c1-7-2-3-8(9(4-7)15-6-12)16-10(13,14)5-11/h2-4H,5-6H2,1H3. The molecule has 0 N–H and O–H groups in total. The molecule has 16 heavy (non-hydrogen) atoms. The minimum Gasteiger partial charge on any atom is -0.459 e. The molecule has 0 aromatic heterocycles. The first-order chi connectivity index (χ1) is 7.48. The van der Waals surface area contributed by atoms with Crippen LogP contribution in [-0.2, 0) is 0 Å². The zero-order valence-corrected chi connectivity index (χ0v) is 8.47. The van der Waals surface area contributed by atoms with Crippen molar-refractivity contribution < 1.29 is 27.0 Å². The first-order valence-corrected chi connectivity index (χ1v) is 4.41. The Balaban J connectivity index is 2.94. The maximum atomic E-state index is 12.6. The fourth-order valence-electron chi connectivity index (χ4n) is 1.06. The SMILES string of the molecule is Cc1ccc(OC(F)(F)CF)c(OCF)c1. The van der Waals surface area contributed by atoms with Gasteiger partial charge in [0.2, 0.25) is 6.86 Å². The van der Waals surface area contributed by atoms with Gasteiger partial charge in [-0.2, -0.15) is 8.78 Å². The van der Waals surface area contributed by atoms with Crippen molar-refractivity contribution in [2.75, 3.05) is 13.5 Å². The highest BCUT2D eigenvalue weighted by Crippen LogP contribution is 2.32. The summed E-state index contributed by atoms with van der Waals surface area (Å²) in [5, 5.41) is 0. The Kier molecular flexibility index (Phi) is 3.98. The monoisotopic (exact) mass is 238 g/mol. The molecule has 0 amide bonds. The zero-order chi connectivity index (χ0) is 12.2. The summed E-state index contributed by atoms with van der Waals surface area (Å²) in [5.74, 6) is -0.582. The first-order valence-electron chi connectivity index (χ1n) is 4.41. The summed E-state index contributed by atoms with van der Waals surface area (Å²) in [6, 6.07) is 3.96. The van der Waals surface area contributed by atoms with Crippen LogP contribution in [-0.4, -0.2) is 19.6 Å². The van der Waals surface area contributed by atoms with Gasteiger partial charge in [-0.25, -0.2) is 8.78 Å². The second-order valence-corrected chi connectivity index (χ2v) is 3.08. The molecule has 1 rings (SSSR count). The van der Waals surface area contributed by atoms with Gasteiger partial charge in [0.1, 0.15) is 0 Å². The van der Waals surface area contributed by atoms with E-state index in [0.717, 1.165) is 0 Å². The molecule has 0 spiro atoms. The summed E-state index contributed by atoms with van der Waals surface area (Å²) in [5.41, 5.74) is 0.680. The summed E-state index contributed by atoms with van der Waals surface area (Å²) in [4.78, 5) is 0. The molecule has 6 heteroatoms. The highest BCUT2D eigenvalue weighted by atomic mass is 19.3. The van der Waals surface area contributed by atoms with Crippen molar-refractivity contribution in [1.82, 2.24) is 0 Å². The molecule has 0 saturated carbocycles. The van der Waals surface area contributed by atoms with Gasteiger partial charge >= 0.3 is 6.11 Å². The zero-order valence-electron chi connectivity index (χ0n) is 8.47. The van der Waals surface area contributed by atoms with Crippen molar-refractivity contribution in [2.24, 2.45) is 0 Å². The third kappa shape index (κ3) is 3.29. The Morgan fingerprint density at radius 2 is 1.88 bits per heavy atom. The summed E-state index contributed by atoms with van der Waals surface area (Å²) in [6.45, 7) is -1.47. The van der Waals surface area contributed by atoms with Crippen molar-refractivity contribution in [3.8, 4) is 11.5 Å². The molecule has 90 valence electrons. The number of hydrogen-bond acceptors (Lipinski definition) is 2. The largest absolute Gasteiger partial charge is 0.459 e. The Hall–Kier alpha value is -1.46. The van der Waals surface area contributed by atoms with Crippen LogP contribution < -0.4 is 9.47 Å². The summed E-state index contributed by atoms with van der Waals surface area (Å²) < 4.78 is 57.6. The molecule has 0 heterocycles. The van der Waals surface area contributed by atoms with Crippen molar-refractivity contribution >= 4 is 0 Å². The summed E-state index contributed by atoms with van der Waals surface area (Å²) in [7, 11) is 0. The molecular formula is C10H10F4O2. The predicted octanol–water partition coefficient (Wildman–Crippen LogP) is 3.24. The third-order valence-electron chi connectivity index (χ3n) is 1.72. The van der Waals surface area contributed by atoms with Crippen LogP contribution in [0.25, 0.3) is 0 Å². The van der Waals surface area contributed by atoms with Gasteiger partial charge in [0.15, 0.2) is 18.2 Å². The van der Waals surface area contributed by atoms with E-state index in [1.807, 2.05) is 0 Å². The predicted molar refractivity (Wildman–Crippen MR) is 49.3 cm³/mol. The Morgan fingerprint density at radius 3 is 2.44 bits per heavy atom. The molecule has 0 saturated heterocycles. The quantitative estimate of drug-likeness (QED) is 0.733. The fraction of sp³-hybridized carbons (Fsp3) is 0.400. The lowest BCUT2D eigenvalue weighted by Crippen LogP contribution is -2.27. The van der Waals surface area contributed by atoms with Gasteiger partial charge in [0, 0.05) is 0 Å². The highest BCUT2D eigenvalue weighted by Gasteiger charge is 2.32. The molecular weight excluding hydrogens is 228 g/mol. The van der Waals surface area contributed by atoms with Gasteiger partial charge in [-0.05, 0) is 24.6 Å². The maximum Gasteiger partial charge on any atom is 0.427 e. The van der Waals surface area contributed by atoms with Crippen molar-refractivity contribution in [1.29, 1.82) is 0 Å². The van der Waals surface area contributed by atoms with E-state index in [1.165, 1.54) is 18.2 Å². The smallest absolute Gasteiger partial charge is 0.427 e. The molecule has 0 aliphatic carbocycles. The maximum absolute atomic E-state index is 12.6. The van der Waals surface area contributed by atoms with Gasteiger partial charge in [-0.3, -0.25) is 0 Å². The Labute approximate surface area is 89.8 Å². The second-order valence-electron chi connectivity index (χ2n) is 3.08. The lowest BCUT2D eigenvalue weighted by atomic mass is 10.2. The second kappa shape index (κ2) is 5.05. The van der Waals surface area contributed by atoms with Crippen LogP contribution in [0.5, 0.6) is 11.5 Å². The van der Waals surface area contributed by atoms with Gasteiger partial charge in [0.25, 0.3) is 0 Å². The van der Waals surface area contributed by atoms with Crippen LogP contribution >= 0.6 is 0 Å². The number of halogens is 4. The van der Waals surface area contributed by atoms with Crippen molar-refractivity contribution in [3.63, 3.8) is 0 Å². The topological polar surface area (TPSA) is 18.5 Å². The van der Waals surface area contributed by atoms with Crippen LogP contribution in [0.3, 0.4) is 0 Å². The number of alkyl halides is 4. The Bertz CT molecular complexity index is 355. The van der Waals surface area contributed by atoms with E-state index in [0.29, 0.717) is 5.56 Å². The minimum absolute atomic E-state index is 0.185. The molecule has 0 radical (unpaired) electrons. The first kappa shape index (κ1) is 12.6. The van der Waals surface area contributed by atoms with Crippen LogP contribution in [0.4, 0.5) is 17.6 Å².